The molecule has 1 aliphatic heterocycles. The highest BCUT2D eigenvalue weighted by atomic mass is 16.4. The van der Waals surface area contributed by atoms with Gasteiger partial charge < -0.3 is 25.6 Å². The number of carboxylic acid groups (broad SMARTS) is 1. The Labute approximate surface area is 171 Å². The largest absolute Gasteiger partial charge is 0.477 e. The first kappa shape index (κ1) is 21.3. The summed E-state index contributed by atoms with van der Waals surface area (Å²) in [5.74, 6) is -1.19. The molecule has 0 amide bonds. The summed E-state index contributed by atoms with van der Waals surface area (Å²) in [4.78, 5) is 27.3. The van der Waals surface area contributed by atoms with Crippen LogP contribution in [0.25, 0.3) is 6.08 Å². The zero-order valence-electron chi connectivity index (χ0n) is 17.6. The van der Waals surface area contributed by atoms with E-state index in [0.29, 0.717) is 29.4 Å². The third-order valence-electron chi connectivity index (χ3n) is 5.98. The molecule has 2 heterocycles. The number of aromatic nitrogens is 1. The lowest BCUT2D eigenvalue weighted by atomic mass is 9.98. The molecule has 0 bridgehead atoms. The van der Waals surface area contributed by atoms with Gasteiger partial charge in [-0.3, -0.25) is 4.79 Å². The van der Waals surface area contributed by atoms with Gasteiger partial charge in [0, 0.05) is 30.0 Å². The summed E-state index contributed by atoms with van der Waals surface area (Å²) in [5.41, 5.74) is 8.19. The lowest BCUT2D eigenvalue weighted by molar-refractivity contribution is 0.0693. The van der Waals surface area contributed by atoms with Crippen molar-refractivity contribution in [1.82, 2.24) is 14.8 Å². The molecule has 29 heavy (non-hydrogen) atoms. The molecule has 0 spiro atoms. The second-order valence-corrected chi connectivity index (χ2v) is 8.12. The van der Waals surface area contributed by atoms with Crippen LogP contribution in [0.1, 0.15) is 66.0 Å². The summed E-state index contributed by atoms with van der Waals surface area (Å²) in [6.45, 7) is 4.14. The Morgan fingerprint density at radius 3 is 2.62 bits per heavy atom. The van der Waals surface area contributed by atoms with Crippen LogP contribution in [-0.4, -0.2) is 46.7 Å². The molecule has 1 aromatic rings. The Bertz CT molecular complexity index is 892. The number of nitrogens with one attached hydrogen (secondary N) is 1. The smallest absolute Gasteiger partial charge is 0.341 e. The lowest BCUT2D eigenvalue weighted by Gasteiger charge is -2.30. The number of nitrogens with zero attached hydrogens (tertiary/aromatic N) is 2. The molecule has 1 saturated heterocycles. The predicted molar refractivity (Wildman–Crippen MR) is 115 cm³/mol. The van der Waals surface area contributed by atoms with E-state index in [1.54, 1.807) is 6.08 Å². The fourth-order valence-electron chi connectivity index (χ4n) is 4.21. The first-order valence-corrected chi connectivity index (χ1v) is 10.4. The number of rotatable bonds is 6. The van der Waals surface area contributed by atoms with Crippen molar-refractivity contribution >= 4 is 12.0 Å². The number of carbonyl (C=O) groups is 1. The van der Waals surface area contributed by atoms with E-state index in [1.165, 1.54) is 0 Å². The van der Waals surface area contributed by atoms with Crippen molar-refractivity contribution in [2.75, 3.05) is 20.1 Å². The molecule has 0 saturated carbocycles. The van der Waals surface area contributed by atoms with Gasteiger partial charge in [0.05, 0.1) is 11.7 Å². The maximum absolute atomic E-state index is 13.1. The number of piperidine rings is 1. The maximum Gasteiger partial charge on any atom is 0.341 e. The van der Waals surface area contributed by atoms with Crippen LogP contribution in [0.15, 0.2) is 22.6 Å². The van der Waals surface area contributed by atoms with E-state index >= 15 is 0 Å². The highest BCUT2D eigenvalue weighted by molar-refractivity contribution is 5.89. The molecular formula is C22H32N4O3. The van der Waals surface area contributed by atoms with Crippen LogP contribution < -0.4 is 16.5 Å². The molecule has 1 aromatic heterocycles. The van der Waals surface area contributed by atoms with Gasteiger partial charge in [-0.15, -0.1) is 0 Å². The molecule has 7 nitrogen and oxygen atoms in total. The number of nitrogens with two attached hydrogens (primary N) is 1. The normalized spacial score (nSPS) is 20.1. The van der Waals surface area contributed by atoms with Gasteiger partial charge in [-0.05, 0) is 58.0 Å². The van der Waals surface area contributed by atoms with Crippen LogP contribution in [-0.2, 0) is 13.5 Å². The Kier molecular flexibility index (Phi) is 6.59. The molecule has 2 aliphatic rings. The van der Waals surface area contributed by atoms with Crippen LogP contribution in [0.3, 0.4) is 0 Å². The number of fused-ring (bicyclic) bond motifs is 1. The second kappa shape index (κ2) is 8.97. The number of carboxylic acids is 1. The monoisotopic (exact) mass is 400 g/mol. The number of pyridine rings is 1. The van der Waals surface area contributed by atoms with Crippen LogP contribution in [0, 0.1) is 0 Å². The van der Waals surface area contributed by atoms with Gasteiger partial charge in [0.2, 0.25) is 5.43 Å². The molecule has 1 fully saturated rings. The van der Waals surface area contributed by atoms with E-state index < -0.39 is 17.4 Å². The molecule has 1 aliphatic carbocycles. The molecule has 4 N–H and O–H groups in total. The highest BCUT2D eigenvalue weighted by Gasteiger charge is 2.27. The van der Waals surface area contributed by atoms with Crippen molar-refractivity contribution in [1.29, 1.82) is 0 Å². The molecule has 0 radical (unpaired) electrons. The van der Waals surface area contributed by atoms with Gasteiger partial charge in [-0.1, -0.05) is 19.4 Å². The fraction of sp³-hybridized carbons (Fsp3) is 0.545. The number of allylic oxidation sites excluding steroid dienone is 1. The maximum atomic E-state index is 13.1. The molecule has 1 unspecified atom stereocenters. The van der Waals surface area contributed by atoms with E-state index in [9.17, 15) is 14.7 Å². The predicted octanol–water partition coefficient (Wildman–Crippen LogP) is 2.02. The van der Waals surface area contributed by atoms with Crippen molar-refractivity contribution in [3.63, 3.8) is 0 Å². The first-order valence-electron chi connectivity index (χ1n) is 10.4. The minimum absolute atomic E-state index is 0.149. The summed E-state index contributed by atoms with van der Waals surface area (Å²) in [7, 11) is 3.96. The van der Waals surface area contributed by atoms with E-state index in [4.69, 9.17) is 5.73 Å². The number of aromatic carboxylic acids is 1. The van der Waals surface area contributed by atoms with E-state index in [-0.39, 0.29) is 5.56 Å². The quantitative estimate of drug-likeness (QED) is 0.675. The van der Waals surface area contributed by atoms with Crippen LogP contribution >= 0.6 is 0 Å². The Morgan fingerprint density at radius 1 is 1.31 bits per heavy atom. The molecule has 0 aromatic carbocycles. The van der Waals surface area contributed by atoms with Crippen molar-refractivity contribution in [2.24, 2.45) is 12.8 Å². The standard InChI is InChI=1S/C22H32N4O3/c1-4-5-6-17-20(22(28)29)21(27)19-16(23)8-7-15(13-18(19)26(17)3)24-14-9-11-25(2)12-10-14/h7-8,13-14,16,24H,4-6,9-12,23H2,1-3H3,(H,28,29). The molecule has 158 valence electrons. The van der Waals surface area contributed by atoms with Gasteiger partial charge in [0.1, 0.15) is 5.56 Å². The summed E-state index contributed by atoms with van der Waals surface area (Å²) in [6, 6.07) is -0.273. The van der Waals surface area contributed by atoms with E-state index in [2.05, 4.69) is 17.3 Å². The van der Waals surface area contributed by atoms with Crippen molar-refractivity contribution in [3.05, 3.63) is 50.6 Å². The number of hydrogen-bond acceptors (Lipinski definition) is 5. The van der Waals surface area contributed by atoms with Crippen molar-refractivity contribution < 1.29 is 9.90 Å². The van der Waals surface area contributed by atoms with Crippen LogP contribution in [0.4, 0.5) is 0 Å². The Hall–Kier alpha value is -2.38. The Balaban J connectivity index is 2.07. The number of hydrogen-bond donors (Lipinski definition) is 3. The summed E-state index contributed by atoms with van der Waals surface area (Å²) in [6.07, 6.45) is 10.0. The van der Waals surface area contributed by atoms with Gasteiger partial charge in [0.25, 0.3) is 0 Å². The fourth-order valence-corrected chi connectivity index (χ4v) is 4.21. The number of likely N-dealkylation sites (tertiary alicyclic amines) is 1. The third kappa shape index (κ3) is 4.46. The minimum Gasteiger partial charge on any atom is -0.477 e. The van der Waals surface area contributed by atoms with Crippen molar-refractivity contribution in [2.45, 2.75) is 51.1 Å². The first-order chi connectivity index (χ1) is 13.8. The third-order valence-corrected chi connectivity index (χ3v) is 5.98. The van der Waals surface area contributed by atoms with Crippen LogP contribution in [0.2, 0.25) is 0 Å². The van der Waals surface area contributed by atoms with E-state index in [0.717, 1.165) is 44.5 Å². The second-order valence-electron chi connectivity index (χ2n) is 8.12. The van der Waals surface area contributed by atoms with Gasteiger partial charge in [-0.25, -0.2) is 4.79 Å². The SMILES string of the molecule is CCCCc1c(C(=O)O)c(=O)c2c(n1C)C=C(NC1CCN(C)CC1)C=CC2N. The summed E-state index contributed by atoms with van der Waals surface area (Å²) < 4.78 is 1.85. The molecule has 1 atom stereocenters. The zero-order chi connectivity index (χ0) is 21.1. The molecular weight excluding hydrogens is 368 g/mol. The summed E-state index contributed by atoms with van der Waals surface area (Å²) >= 11 is 0. The Morgan fingerprint density at radius 2 is 2.00 bits per heavy atom. The lowest BCUT2D eigenvalue weighted by Crippen LogP contribution is -2.40. The van der Waals surface area contributed by atoms with Gasteiger partial charge in [-0.2, -0.15) is 0 Å². The zero-order valence-corrected chi connectivity index (χ0v) is 17.6. The van der Waals surface area contributed by atoms with Crippen molar-refractivity contribution in [3.8, 4) is 0 Å². The average Bonchev–Trinajstić information content (AvgIpc) is 2.84. The summed E-state index contributed by atoms with van der Waals surface area (Å²) in [5, 5.41) is 13.3. The van der Waals surface area contributed by atoms with Crippen LogP contribution in [0.5, 0.6) is 0 Å². The average molecular weight is 401 g/mol. The van der Waals surface area contributed by atoms with E-state index in [1.807, 2.05) is 30.7 Å². The topological polar surface area (TPSA) is 101 Å². The van der Waals surface area contributed by atoms with Gasteiger partial charge in [0.15, 0.2) is 0 Å². The highest BCUT2D eigenvalue weighted by Crippen LogP contribution is 2.25. The number of unbranched alkanes of at least 4 members (excludes halogenated alkanes) is 1. The molecule has 7 heteroatoms. The minimum atomic E-state index is -1.19. The molecule has 3 rings (SSSR count). The van der Waals surface area contributed by atoms with Gasteiger partial charge >= 0.3 is 5.97 Å².